The monoisotopic (exact) mass is 333 g/mol. The van der Waals surface area contributed by atoms with Crippen LogP contribution in [0.5, 0.6) is 0 Å². The number of hydrogen-bond acceptors (Lipinski definition) is 4. The Morgan fingerprint density at radius 2 is 1.52 bits per heavy atom. The number of carbonyl (C=O) groups is 1. The number of nitrogens with two attached hydrogens (primary N) is 1. The molecule has 0 bridgehead atoms. The highest BCUT2D eigenvalue weighted by atomic mass is 32.2. The van der Waals surface area contributed by atoms with Gasteiger partial charge in [0.15, 0.2) is 0 Å². The van der Waals surface area contributed by atoms with Gasteiger partial charge in [-0.25, -0.2) is 0 Å². The Hall–Kier alpha value is -2.18. The summed E-state index contributed by atoms with van der Waals surface area (Å²) < 4.78 is 29.1. The third-order valence-corrected chi connectivity index (χ3v) is 4.63. The predicted molar refractivity (Wildman–Crippen MR) is 88.1 cm³/mol. The Morgan fingerprint density at radius 3 is 2.13 bits per heavy atom. The normalized spacial score (nSPS) is 11.3. The number of hydrogen-bond donors (Lipinski definition) is 1. The lowest BCUT2D eigenvalue weighted by Gasteiger charge is -2.07. The van der Waals surface area contributed by atoms with Crippen LogP contribution in [0, 0.1) is 0 Å². The van der Waals surface area contributed by atoms with Gasteiger partial charge in [-0.3, -0.25) is 8.98 Å². The van der Waals surface area contributed by atoms with Gasteiger partial charge >= 0.3 is 0 Å². The minimum atomic E-state index is -3.78. The Kier molecular flexibility index (Phi) is 5.90. The minimum absolute atomic E-state index is 0.0377. The van der Waals surface area contributed by atoms with E-state index in [9.17, 15) is 13.2 Å². The fraction of sp³-hybridized carbons (Fsp3) is 0.235. The van der Waals surface area contributed by atoms with E-state index in [-0.39, 0.29) is 17.9 Å². The van der Waals surface area contributed by atoms with Crippen molar-refractivity contribution in [3.63, 3.8) is 0 Å². The van der Waals surface area contributed by atoms with Crippen molar-refractivity contribution < 1.29 is 17.4 Å². The molecule has 0 atom stereocenters. The van der Waals surface area contributed by atoms with Gasteiger partial charge in [-0.2, -0.15) is 8.42 Å². The van der Waals surface area contributed by atoms with E-state index in [1.165, 1.54) is 12.1 Å². The molecule has 5 nitrogen and oxygen atoms in total. The summed E-state index contributed by atoms with van der Waals surface area (Å²) in [6, 6.07) is 16.2. The van der Waals surface area contributed by atoms with Gasteiger partial charge in [0, 0.05) is 6.42 Å². The van der Waals surface area contributed by atoms with Crippen LogP contribution in [0.4, 0.5) is 0 Å². The summed E-state index contributed by atoms with van der Waals surface area (Å²) in [5, 5.41) is 0. The first-order valence-corrected chi connectivity index (χ1v) is 8.73. The fourth-order valence-electron chi connectivity index (χ4n) is 2.08. The van der Waals surface area contributed by atoms with Crippen LogP contribution in [-0.4, -0.2) is 20.9 Å². The topological polar surface area (TPSA) is 86.5 Å². The maximum absolute atomic E-state index is 12.1. The molecule has 2 rings (SSSR count). The summed E-state index contributed by atoms with van der Waals surface area (Å²) in [5.74, 6) is -0.399. The van der Waals surface area contributed by atoms with E-state index in [0.29, 0.717) is 12.8 Å². The summed E-state index contributed by atoms with van der Waals surface area (Å²) in [6.45, 7) is 0.0377. The second-order valence-electron chi connectivity index (χ2n) is 5.09. The average Bonchev–Trinajstić information content (AvgIpc) is 2.55. The molecule has 0 fully saturated rings. The second-order valence-corrected chi connectivity index (χ2v) is 6.71. The molecular formula is C17H19NO4S. The third-order valence-electron chi connectivity index (χ3n) is 3.31. The van der Waals surface area contributed by atoms with E-state index in [4.69, 9.17) is 9.92 Å². The Morgan fingerprint density at radius 1 is 0.913 bits per heavy atom. The SMILES string of the molecule is NC(=O)CCCCOS(=O)(=O)c1ccc(-c2ccccc2)cc1. The standard InChI is InChI=1S/C17H19NO4S/c18-17(19)8-4-5-13-22-23(20,21)16-11-9-15(10-12-16)14-6-2-1-3-7-14/h1-3,6-7,9-12H,4-5,8,13H2,(H2,18,19). The smallest absolute Gasteiger partial charge is 0.296 e. The molecule has 0 saturated heterocycles. The summed E-state index contributed by atoms with van der Waals surface area (Å²) in [4.78, 5) is 10.7. The zero-order valence-electron chi connectivity index (χ0n) is 12.6. The molecule has 23 heavy (non-hydrogen) atoms. The van der Waals surface area contributed by atoms with Crippen LogP contribution < -0.4 is 5.73 Å². The van der Waals surface area contributed by atoms with E-state index in [0.717, 1.165) is 11.1 Å². The zero-order chi connectivity index (χ0) is 16.7. The van der Waals surface area contributed by atoms with Crippen LogP contribution in [0.3, 0.4) is 0 Å². The molecule has 0 radical (unpaired) electrons. The van der Waals surface area contributed by atoms with Gasteiger partial charge in [-0.1, -0.05) is 42.5 Å². The molecule has 0 spiro atoms. The molecule has 2 aromatic rings. The molecule has 1 amide bonds. The molecule has 122 valence electrons. The van der Waals surface area contributed by atoms with E-state index in [1.807, 2.05) is 30.3 Å². The van der Waals surface area contributed by atoms with Crippen molar-refractivity contribution in [1.82, 2.24) is 0 Å². The molecular weight excluding hydrogens is 314 g/mol. The van der Waals surface area contributed by atoms with E-state index < -0.39 is 16.0 Å². The molecule has 0 aliphatic heterocycles. The van der Waals surface area contributed by atoms with Crippen molar-refractivity contribution in [2.75, 3.05) is 6.61 Å². The van der Waals surface area contributed by atoms with Gasteiger partial charge in [0.1, 0.15) is 0 Å². The maximum atomic E-state index is 12.1. The second kappa shape index (κ2) is 7.89. The van der Waals surface area contributed by atoms with Gasteiger partial charge < -0.3 is 5.73 Å². The minimum Gasteiger partial charge on any atom is -0.370 e. The Labute approximate surface area is 136 Å². The number of primary amides is 1. The van der Waals surface area contributed by atoms with Gasteiger partial charge in [-0.05, 0) is 36.1 Å². The van der Waals surface area contributed by atoms with Crippen LogP contribution in [0.1, 0.15) is 19.3 Å². The summed E-state index contributed by atoms with van der Waals surface area (Å²) in [5.41, 5.74) is 6.97. The number of amides is 1. The average molecular weight is 333 g/mol. The van der Waals surface area contributed by atoms with Crippen LogP contribution in [0.25, 0.3) is 11.1 Å². The molecule has 2 aromatic carbocycles. The molecule has 0 saturated carbocycles. The summed E-state index contributed by atoms with van der Waals surface area (Å²) >= 11 is 0. The van der Waals surface area contributed by atoms with Gasteiger partial charge in [0.05, 0.1) is 11.5 Å². The van der Waals surface area contributed by atoms with Crippen LogP contribution in [0.15, 0.2) is 59.5 Å². The molecule has 0 aromatic heterocycles. The van der Waals surface area contributed by atoms with Crippen molar-refractivity contribution in [2.45, 2.75) is 24.2 Å². The molecule has 0 unspecified atom stereocenters. The molecule has 2 N–H and O–H groups in total. The fourth-order valence-corrected chi connectivity index (χ4v) is 3.03. The van der Waals surface area contributed by atoms with Crippen molar-refractivity contribution in [3.8, 4) is 11.1 Å². The van der Waals surface area contributed by atoms with Gasteiger partial charge in [0.25, 0.3) is 10.1 Å². The van der Waals surface area contributed by atoms with Crippen molar-refractivity contribution in [3.05, 3.63) is 54.6 Å². The highest BCUT2D eigenvalue weighted by Gasteiger charge is 2.14. The number of benzene rings is 2. The third kappa shape index (κ3) is 5.19. The molecule has 0 aliphatic carbocycles. The number of rotatable bonds is 8. The molecule has 0 aliphatic rings. The van der Waals surface area contributed by atoms with E-state index >= 15 is 0 Å². The predicted octanol–water partition coefficient (Wildman–Crippen LogP) is 2.71. The van der Waals surface area contributed by atoms with Crippen molar-refractivity contribution >= 4 is 16.0 Å². The highest BCUT2D eigenvalue weighted by Crippen LogP contribution is 2.22. The van der Waals surface area contributed by atoms with E-state index in [1.54, 1.807) is 12.1 Å². The quantitative estimate of drug-likeness (QED) is 0.594. The number of carbonyl (C=O) groups excluding carboxylic acids is 1. The largest absolute Gasteiger partial charge is 0.370 e. The first-order chi connectivity index (χ1) is 11.0. The van der Waals surface area contributed by atoms with Crippen LogP contribution in [0.2, 0.25) is 0 Å². The Balaban J connectivity index is 1.96. The molecule has 0 heterocycles. The first-order valence-electron chi connectivity index (χ1n) is 7.32. The lowest BCUT2D eigenvalue weighted by atomic mass is 10.1. The van der Waals surface area contributed by atoms with E-state index in [2.05, 4.69) is 0 Å². The lowest BCUT2D eigenvalue weighted by molar-refractivity contribution is -0.118. The maximum Gasteiger partial charge on any atom is 0.296 e. The van der Waals surface area contributed by atoms with Gasteiger partial charge in [-0.15, -0.1) is 0 Å². The van der Waals surface area contributed by atoms with Gasteiger partial charge in [0.2, 0.25) is 5.91 Å². The summed E-state index contributed by atoms with van der Waals surface area (Å²) in [6.07, 6.45) is 1.21. The van der Waals surface area contributed by atoms with Crippen LogP contribution in [-0.2, 0) is 19.1 Å². The van der Waals surface area contributed by atoms with Crippen molar-refractivity contribution in [1.29, 1.82) is 0 Å². The Bertz CT molecular complexity index is 740. The highest BCUT2D eigenvalue weighted by molar-refractivity contribution is 7.86. The van der Waals surface area contributed by atoms with Crippen molar-refractivity contribution in [2.24, 2.45) is 5.73 Å². The van der Waals surface area contributed by atoms with Crippen LogP contribution >= 0.6 is 0 Å². The lowest BCUT2D eigenvalue weighted by Crippen LogP contribution is -2.11. The first kappa shape index (κ1) is 17.2. The summed E-state index contributed by atoms with van der Waals surface area (Å²) in [7, 11) is -3.78. The number of unbranched alkanes of at least 4 members (excludes halogenated alkanes) is 1. The zero-order valence-corrected chi connectivity index (χ0v) is 13.5. The molecule has 6 heteroatoms.